The topological polar surface area (TPSA) is 59.3 Å². The van der Waals surface area contributed by atoms with Crippen LogP contribution in [0.2, 0.25) is 0 Å². The summed E-state index contributed by atoms with van der Waals surface area (Å²) in [7, 11) is 1.69. The Morgan fingerprint density at radius 1 is 0.974 bits per heavy atom. The van der Waals surface area contributed by atoms with Crippen molar-refractivity contribution in [1.29, 1.82) is 0 Å². The van der Waals surface area contributed by atoms with Gasteiger partial charge in [-0.05, 0) is 42.3 Å². The maximum absolute atomic E-state index is 12.8. The summed E-state index contributed by atoms with van der Waals surface area (Å²) < 4.78 is 14.7. The molecule has 1 fully saturated rings. The van der Waals surface area contributed by atoms with Gasteiger partial charge in [-0.15, -0.1) is 0 Å². The van der Waals surface area contributed by atoms with E-state index < -0.39 is 0 Å². The Morgan fingerprint density at radius 3 is 2.59 bits per heavy atom. The zero-order chi connectivity index (χ0) is 26.8. The van der Waals surface area contributed by atoms with E-state index in [-0.39, 0.29) is 12.5 Å². The molecule has 3 heterocycles. The number of ether oxygens (including phenoxy) is 2. The highest BCUT2D eigenvalue weighted by Crippen LogP contribution is 2.35. The molecule has 6 rings (SSSR count). The molecule has 0 atom stereocenters. The first-order chi connectivity index (χ1) is 19.1. The van der Waals surface area contributed by atoms with Gasteiger partial charge < -0.3 is 14.4 Å². The lowest BCUT2D eigenvalue weighted by molar-refractivity contribution is -0.138. The van der Waals surface area contributed by atoms with Crippen molar-refractivity contribution in [3.8, 4) is 17.0 Å². The Hall–Kier alpha value is -3.72. The number of benzene rings is 3. The molecule has 0 N–H and O–H groups in total. The number of carbonyl (C=O) groups is 1. The minimum Gasteiger partial charge on any atom is -0.497 e. The molecule has 7 nitrogen and oxygen atoms in total. The number of hydrogen-bond acceptors (Lipinski definition) is 6. The van der Waals surface area contributed by atoms with Crippen LogP contribution in [0.25, 0.3) is 26.4 Å². The smallest absolute Gasteiger partial charge is 0.248 e. The number of fused-ring (bicyclic) bond motifs is 3. The summed E-state index contributed by atoms with van der Waals surface area (Å²) in [5.74, 6) is 0.866. The first-order valence-electron chi connectivity index (χ1n) is 13.3. The van der Waals surface area contributed by atoms with Gasteiger partial charge in [0, 0.05) is 38.3 Å². The predicted octanol–water partition coefficient (Wildman–Crippen LogP) is 5.39. The lowest BCUT2D eigenvalue weighted by Crippen LogP contribution is -2.49. The second-order valence-electron chi connectivity index (χ2n) is 9.97. The van der Waals surface area contributed by atoms with E-state index in [2.05, 4.69) is 40.5 Å². The molecular weight excluding hydrogens is 508 g/mol. The third-order valence-corrected chi connectivity index (χ3v) is 8.28. The van der Waals surface area contributed by atoms with E-state index in [0.717, 1.165) is 47.2 Å². The van der Waals surface area contributed by atoms with Gasteiger partial charge >= 0.3 is 0 Å². The van der Waals surface area contributed by atoms with E-state index in [1.165, 1.54) is 21.5 Å². The van der Waals surface area contributed by atoms with E-state index in [0.29, 0.717) is 19.7 Å². The first-order valence-corrected chi connectivity index (χ1v) is 14.1. The first kappa shape index (κ1) is 25.6. The van der Waals surface area contributed by atoms with Crippen molar-refractivity contribution in [1.82, 2.24) is 19.2 Å². The van der Waals surface area contributed by atoms with Crippen molar-refractivity contribution < 1.29 is 14.3 Å². The number of piperazine rings is 1. The van der Waals surface area contributed by atoms with Crippen molar-refractivity contribution in [2.24, 2.45) is 0 Å². The van der Waals surface area contributed by atoms with Gasteiger partial charge in [-0.25, -0.2) is 4.98 Å². The van der Waals surface area contributed by atoms with Crippen LogP contribution >= 0.6 is 11.3 Å². The summed E-state index contributed by atoms with van der Waals surface area (Å²) in [6.07, 6.45) is 0. The van der Waals surface area contributed by atoms with Crippen LogP contribution in [0.15, 0.2) is 72.8 Å². The van der Waals surface area contributed by atoms with Crippen LogP contribution in [0.4, 0.5) is 0 Å². The van der Waals surface area contributed by atoms with Crippen LogP contribution in [0.1, 0.15) is 16.8 Å². The van der Waals surface area contributed by atoms with Crippen LogP contribution in [0.5, 0.6) is 5.75 Å². The highest BCUT2D eigenvalue weighted by atomic mass is 32.1. The maximum atomic E-state index is 12.8. The monoisotopic (exact) mass is 540 g/mol. The number of carbonyl (C=O) groups excluding carboxylic acids is 1. The molecule has 0 radical (unpaired) electrons. The number of rotatable bonds is 8. The molecule has 3 aromatic carbocycles. The maximum Gasteiger partial charge on any atom is 0.248 e. The molecule has 0 saturated carbocycles. The fourth-order valence-electron chi connectivity index (χ4n) is 5.17. The van der Waals surface area contributed by atoms with Crippen molar-refractivity contribution in [2.75, 3.05) is 39.9 Å². The second kappa shape index (κ2) is 11.2. The van der Waals surface area contributed by atoms with E-state index in [4.69, 9.17) is 14.5 Å². The van der Waals surface area contributed by atoms with E-state index in [1.54, 1.807) is 18.4 Å². The van der Waals surface area contributed by atoms with Crippen molar-refractivity contribution in [2.45, 2.75) is 20.1 Å². The summed E-state index contributed by atoms with van der Waals surface area (Å²) in [4.78, 5) is 23.2. The lowest BCUT2D eigenvalue weighted by Gasteiger charge is -2.34. The summed E-state index contributed by atoms with van der Waals surface area (Å²) in [6.45, 7) is 6.41. The SMILES string of the molecule is COc1cccc(-c2nc3sc4cc(C)ccc4n3c2CN2CCN(C(=O)COCc3ccccc3)CC2)c1. The number of methoxy groups -OCH3 is 1. The third kappa shape index (κ3) is 5.41. The Bertz CT molecular complexity index is 1600. The molecule has 1 amide bonds. The molecule has 1 aliphatic heterocycles. The highest BCUT2D eigenvalue weighted by molar-refractivity contribution is 7.23. The predicted molar refractivity (Wildman–Crippen MR) is 155 cm³/mol. The van der Waals surface area contributed by atoms with Crippen molar-refractivity contribution >= 4 is 32.4 Å². The summed E-state index contributed by atoms with van der Waals surface area (Å²) >= 11 is 1.72. The molecular formula is C31H32N4O3S. The molecule has 1 saturated heterocycles. The minimum absolute atomic E-state index is 0.0496. The molecule has 0 bridgehead atoms. The van der Waals surface area contributed by atoms with Crippen LogP contribution in [0, 0.1) is 6.92 Å². The molecule has 0 aliphatic carbocycles. The average molecular weight is 541 g/mol. The van der Waals surface area contributed by atoms with Gasteiger partial charge in [-0.1, -0.05) is 59.9 Å². The molecule has 8 heteroatoms. The molecule has 1 aliphatic rings. The van der Waals surface area contributed by atoms with Crippen LogP contribution < -0.4 is 4.74 Å². The normalized spacial score (nSPS) is 14.4. The number of hydrogen-bond donors (Lipinski definition) is 0. The standard InChI is InChI=1S/C31H32N4O3S/c1-22-11-12-26-28(17-22)39-31-32-30(24-9-6-10-25(18-24)37-2)27(35(26)31)19-33-13-15-34(16-14-33)29(36)21-38-20-23-7-4-3-5-8-23/h3-12,17-18H,13-16,19-21H2,1-2H3. The Kier molecular flexibility index (Phi) is 7.32. The molecule has 5 aromatic rings. The molecule has 200 valence electrons. The van der Waals surface area contributed by atoms with Gasteiger partial charge in [0.25, 0.3) is 0 Å². The van der Waals surface area contributed by atoms with E-state index in [1.807, 2.05) is 53.4 Å². The van der Waals surface area contributed by atoms with Crippen LogP contribution in [0.3, 0.4) is 0 Å². The Labute approximate surface area is 232 Å². The lowest BCUT2D eigenvalue weighted by atomic mass is 10.1. The van der Waals surface area contributed by atoms with Gasteiger partial charge in [0.15, 0.2) is 4.96 Å². The van der Waals surface area contributed by atoms with Crippen molar-refractivity contribution in [3.05, 3.63) is 89.6 Å². The zero-order valence-corrected chi connectivity index (χ0v) is 23.1. The van der Waals surface area contributed by atoms with Gasteiger partial charge in [0.2, 0.25) is 5.91 Å². The number of thiazole rings is 1. The van der Waals surface area contributed by atoms with Crippen LogP contribution in [-0.2, 0) is 22.7 Å². The average Bonchev–Trinajstić information content (AvgIpc) is 3.49. The number of nitrogens with zero attached hydrogens (tertiary/aromatic N) is 4. The Balaban J connectivity index is 1.19. The van der Waals surface area contributed by atoms with Crippen molar-refractivity contribution in [3.63, 3.8) is 0 Å². The number of imidazole rings is 1. The fraction of sp³-hybridized carbons (Fsp3) is 0.290. The largest absolute Gasteiger partial charge is 0.497 e. The summed E-state index contributed by atoms with van der Waals surface area (Å²) in [6, 6.07) is 24.7. The quantitative estimate of drug-likeness (QED) is 0.264. The second-order valence-corrected chi connectivity index (χ2v) is 11.0. The molecule has 2 aromatic heterocycles. The molecule has 39 heavy (non-hydrogen) atoms. The Morgan fingerprint density at radius 2 is 1.79 bits per heavy atom. The number of aryl methyl sites for hydroxylation is 1. The number of amides is 1. The summed E-state index contributed by atoms with van der Waals surface area (Å²) in [5, 5.41) is 0. The number of aromatic nitrogens is 2. The van der Waals surface area contributed by atoms with E-state index >= 15 is 0 Å². The van der Waals surface area contributed by atoms with Crippen LogP contribution in [-0.4, -0.2) is 65.0 Å². The summed E-state index contributed by atoms with van der Waals surface area (Å²) in [5.41, 5.74) is 6.70. The minimum atomic E-state index is 0.0496. The van der Waals surface area contributed by atoms with Gasteiger partial charge in [-0.2, -0.15) is 0 Å². The van der Waals surface area contributed by atoms with Gasteiger partial charge in [0.1, 0.15) is 12.4 Å². The zero-order valence-electron chi connectivity index (χ0n) is 22.3. The van der Waals surface area contributed by atoms with Gasteiger partial charge in [-0.3, -0.25) is 14.1 Å². The fourth-order valence-corrected chi connectivity index (χ4v) is 6.31. The highest BCUT2D eigenvalue weighted by Gasteiger charge is 2.25. The molecule has 0 spiro atoms. The van der Waals surface area contributed by atoms with E-state index in [9.17, 15) is 4.79 Å². The molecule has 0 unspecified atom stereocenters. The third-order valence-electron chi connectivity index (χ3n) is 7.28. The van der Waals surface area contributed by atoms with Gasteiger partial charge in [0.05, 0.1) is 35.3 Å².